The normalized spacial score (nSPS) is 20.5. The fourth-order valence-electron chi connectivity index (χ4n) is 2.29. The molecule has 1 aliphatic rings. The highest BCUT2D eigenvalue weighted by Crippen LogP contribution is 2.23. The van der Waals surface area contributed by atoms with Crippen molar-refractivity contribution >= 4 is 11.6 Å². The van der Waals surface area contributed by atoms with E-state index in [1.165, 1.54) is 0 Å². The second kappa shape index (κ2) is 7.99. The van der Waals surface area contributed by atoms with Crippen LogP contribution in [0.15, 0.2) is 24.3 Å². The van der Waals surface area contributed by atoms with Crippen molar-refractivity contribution in [3.8, 4) is 0 Å². The Morgan fingerprint density at radius 1 is 1.45 bits per heavy atom. The molecule has 2 unspecified atom stereocenters. The lowest BCUT2D eigenvalue weighted by Gasteiger charge is -2.22. The van der Waals surface area contributed by atoms with Crippen molar-refractivity contribution in [2.75, 3.05) is 26.4 Å². The maximum Gasteiger partial charge on any atom is 0.0949 e. The lowest BCUT2D eigenvalue weighted by Crippen LogP contribution is -2.30. The summed E-state index contributed by atoms with van der Waals surface area (Å²) >= 11 is 6.08. The number of nitrogens with one attached hydrogen (secondary N) is 1. The molecular weight excluding hydrogens is 274 g/mol. The van der Waals surface area contributed by atoms with Crippen LogP contribution in [0.5, 0.6) is 0 Å². The molecule has 112 valence electrons. The molecule has 1 fully saturated rings. The molecule has 0 saturated carbocycles. The van der Waals surface area contributed by atoms with Crippen LogP contribution in [0.4, 0.5) is 0 Å². The van der Waals surface area contributed by atoms with Gasteiger partial charge >= 0.3 is 0 Å². The van der Waals surface area contributed by atoms with Crippen molar-refractivity contribution < 1.29 is 9.47 Å². The molecule has 20 heavy (non-hydrogen) atoms. The van der Waals surface area contributed by atoms with Crippen molar-refractivity contribution in [1.82, 2.24) is 5.32 Å². The molecule has 2 atom stereocenters. The Labute approximate surface area is 126 Å². The zero-order valence-corrected chi connectivity index (χ0v) is 13.0. The van der Waals surface area contributed by atoms with Crippen LogP contribution in [-0.4, -0.2) is 32.4 Å². The molecule has 3 nitrogen and oxygen atoms in total. The lowest BCUT2D eigenvalue weighted by molar-refractivity contribution is 0.0244. The number of halogens is 1. The van der Waals surface area contributed by atoms with E-state index in [2.05, 4.69) is 25.2 Å². The van der Waals surface area contributed by atoms with E-state index in [0.717, 1.165) is 43.4 Å². The molecule has 0 bridgehead atoms. The van der Waals surface area contributed by atoms with Gasteiger partial charge in [-0.3, -0.25) is 0 Å². The summed E-state index contributed by atoms with van der Waals surface area (Å²) in [7, 11) is 0. The average Bonchev–Trinajstić information content (AvgIpc) is 2.91. The Hall–Kier alpha value is -0.610. The van der Waals surface area contributed by atoms with Crippen LogP contribution in [0.2, 0.25) is 5.02 Å². The van der Waals surface area contributed by atoms with Crippen LogP contribution >= 0.6 is 11.6 Å². The van der Waals surface area contributed by atoms with Crippen molar-refractivity contribution in [3.05, 3.63) is 34.9 Å². The van der Waals surface area contributed by atoms with Crippen molar-refractivity contribution in [1.29, 1.82) is 0 Å². The maximum atomic E-state index is 6.12. The van der Waals surface area contributed by atoms with E-state index < -0.39 is 0 Å². The van der Waals surface area contributed by atoms with Gasteiger partial charge in [0.25, 0.3) is 0 Å². The summed E-state index contributed by atoms with van der Waals surface area (Å²) in [5.74, 6) is 0.524. The number of hydrogen-bond acceptors (Lipinski definition) is 3. The minimum atomic E-state index is 0.0386. The second-order valence-corrected chi connectivity index (χ2v) is 6.11. The van der Waals surface area contributed by atoms with E-state index in [4.69, 9.17) is 21.1 Å². The first kappa shape index (κ1) is 15.8. The van der Waals surface area contributed by atoms with Crippen molar-refractivity contribution in [2.45, 2.75) is 32.4 Å². The highest BCUT2D eigenvalue weighted by atomic mass is 35.5. The average molecular weight is 298 g/mol. The van der Waals surface area contributed by atoms with Crippen LogP contribution < -0.4 is 5.32 Å². The zero-order valence-electron chi connectivity index (χ0n) is 12.3. The summed E-state index contributed by atoms with van der Waals surface area (Å²) in [5.41, 5.74) is 1.13. The molecular formula is C16H24ClNO2. The van der Waals surface area contributed by atoms with Gasteiger partial charge in [-0.1, -0.05) is 37.6 Å². The van der Waals surface area contributed by atoms with Gasteiger partial charge in [-0.25, -0.2) is 0 Å². The van der Waals surface area contributed by atoms with Gasteiger partial charge in [0.1, 0.15) is 0 Å². The second-order valence-electron chi connectivity index (χ2n) is 5.67. The Bertz CT molecular complexity index is 405. The Balaban J connectivity index is 1.95. The van der Waals surface area contributed by atoms with E-state index in [1.54, 1.807) is 0 Å². The summed E-state index contributed by atoms with van der Waals surface area (Å²) in [5, 5.41) is 4.19. The molecule has 1 N–H and O–H groups in total. The molecule has 0 spiro atoms. The number of ether oxygens (including phenoxy) is 2. The van der Waals surface area contributed by atoms with Crippen LogP contribution in [0, 0.1) is 5.92 Å². The largest absolute Gasteiger partial charge is 0.381 e. The Morgan fingerprint density at radius 3 is 2.95 bits per heavy atom. The number of benzene rings is 1. The monoisotopic (exact) mass is 297 g/mol. The van der Waals surface area contributed by atoms with E-state index in [0.29, 0.717) is 12.0 Å². The first-order chi connectivity index (χ1) is 9.65. The van der Waals surface area contributed by atoms with Crippen molar-refractivity contribution in [2.24, 2.45) is 5.92 Å². The summed E-state index contributed by atoms with van der Waals surface area (Å²) < 4.78 is 11.5. The van der Waals surface area contributed by atoms with Gasteiger partial charge in [0.2, 0.25) is 0 Å². The van der Waals surface area contributed by atoms with Crippen LogP contribution in [-0.2, 0) is 9.47 Å². The Kier molecular flexibility index (Phi) is 6.30. The molecule has 0 radical (unpaired) electrons. The molecule has 1 heterocycles. The zero-order chi connectivity index (χ0) is 14.4. The minimum absolute atomic E-state index is 0.0386. The minimum Gasteiger partial charge on any atom is -0.381 e. The lowest BCUT2D eigenvalue weighted by atomic mass is 10.1. The van der Waals surface area contributed by atoms with Gasteiger partial charge in [-0.2, -0.15) is 0 Å². The first-order valence-electron chi connectivity index (χ1n) is 7.33. The topological polar surface area (TPSA) is 30.5 Å². The fraction of sp³-hybridized carbons (Fsp3) is 0.625. The van der Waals surface area contributed by atoms with Crippen LogP contribution in [0.25, 0.3) is 0 Å². The van der Waals surface area contributed by atoms with Crippen LogP contribution in [0.3, 0.4) is 0 Å². The number of hydrogen-bond donors (Lipinski definition) is 1. The SMILES string of the molecule is CC(C)NCC(OCC1CCOC1)c1cccc(Cl)c1. The van der Waals surface area contributed by atoms with Crippen molar-refractivity contribution in [3.63, 3.8) is 0 Å². The first-order valence-corrected chi connectivity index (χ1v) is 7.71. The summed E-state index contributed by atoms with van der Waals surface area (Å²) in [6, 6.07) is 8.36. The Morgan fingerprint density at radius 2 is 2.30 bits per heavy atom. The van der Waals surface area contributed by atoms with E-state index in [1.807, 2.05) is 18.2 Å². The molecule has 1 aromatic rings. The highest BCUT2D eigenvalue weighted by molar-refractivity contribution is 6.30. The quantitative estimate of drug-likeness (QED) is 0.836. The van der Waals surface area contributed by atoms with Gasteiger partial charge in [0, 0.05) is 30.1 Å². The molecule has 0 aliphatic carbocycles. The van der Waals surface area contributed by atoms with E-state index in [-0.39, 0.29) is 6.10 Å². The number of rotatable bonds is 7. The maximum absolute atomic E-state index is 6.12. The molecule has 0 amide bonds. The molecule has 1 saturated heterocycles. The predicted molar refractivity (Wildman–Crippen MR) is 82.2 cm³/mol. The van der Waals surface area contributed by atoms with Crippen LogP contribution in [0.1, 0.15) is 31.9 Å². The highest BCUT2D eigenvalue weighted by Gasteiger charge is 2.19. The summed E-state index contributed by atoms with van der Waals surface area (Å²) in [4.78, 5) is 0. The molecule has 1 aliphatic heterocycles. The smallest absolute Gasteiger partial charge is 0.0949 e. The predicted octanol–water partition coefficient (Wildman–Crippen LogP) is 3.43. The molecule has 0 aromatic heterocycles. The third-order valence-electron chi connectivity index (χ3n) is 3.49. The summed E-state index contributed by atoms with van der Waals surface area (Å²) in [6.07, 6.45) is 1.14. The van der Waals surface area contributed by atoms with Gasteiger partial charge in [-0.05, 0) is 24.1 Å². The molecule has 4 heteroatoms. The van der Waals surface area contributed by atoms with Gasteiger partial charge in [0.15, 0.2) is 0 Å². The fourth-order valence-corrected chi connectivity index (χ4v) is 2.49. The van der Waals surface area contributed by atoms with E-state index >= 15 is 0 Å². The standard InChI is InChI=1S/C16H24ClNO2/c1-12(2)18-9-16(14-4-3-5-15(17)8-14)20-11-13-6-7-19-10-13/h3-5,8,12-13,16,18H,6-7,9-11H2,1-2H3. The molecule has 2 rings (SSSR count). The van der Waals surface area contributed by atoms with E-state index in [9.17, 15) is 0 Å². The van der Waals surface area contributed by atoms with Gasteiger partial charge in [-0.15, -0.1) is 0 Å². The third kappa shape index (κ3) is 5.06. The molecule has 1 aromatic carbocycles. The van der Waals surface area contributed by atoms with Gasteiger partial charge < -0.3 is 14.8 Å². The van der Waals surface area contributed by atoms with Gasteiger partial charge in [0.05, 0.1) is 19.3 Å². The third-order valence-corrected chi connectivity index (χ3v) is 3.72. The summed E-state index contributed by atoms with van der Waals surface area (Å²) in [6.45, 7) is 7.50.